The van der Waals surface area contributed by atoms with Crippen molar-refractivity contribution < 1.29 is 14.1 Å². The lowest BCUT2D eigenvalue weighted by Crippen LogP contribution is -2.15. The molecule has 7 nitrogen and oxygen atoms in total. The van der Waals surface area contributed by atoms with E-state index in [1.165, 1.54) is 0 Å². The van der Waals surface area contributed by atoms with Crippen LogP contribution in [0.3, 0.4) is 0 Å². The van der Waals surface area contributed by atoms with Crippen molar-refractivity contribution >= 4 is 11.6 Å². The number of rotatable bonds is 3. The normalized spacial score (nSPS) is 20.8. The lowest BCUT2D eigenvalue weighted by atomic mass is 9.96. The first kappa shape index (κ1) is 13.5. The molecule has 1 aliphatic heterocycles. The Hall–Kier alpha value is -2.15. The Morgan fingerprint density at radius 2 is 2.27 bits per heavy atom. The van der Waals surface area contributed by atoms with Crippen LogP contribution in [0.2, 0.25) is 0 Å². The monoisotopic (exact) mass is 302 g/mol. The van der Waals surface area contributed by atoms with Crippen LogP contribution >= 0.6 is 0 Å². The van der Waals surface area contributed by atoms with Gasteiger partial charge in [0.2, 0.25) is 0 Å². The number of carbonyl (C=O) groups is 1. The zero-order valence-corrected chi connectivity index (χ0v) is 12.2. The quantitative estimate of drug-likeness (QED) is 0.937. The van der Waals surface area contributed by atoms with Gasteiger partial charge in [0, 0.05) is 24.8 Å². The van der Waals surface area contributed by atoms with Gasteiger partial charge >= 0.3 is 0 Å². The number of nitrogens with zero attached hydrogens (tertiary/aromatic N) is 3. The van der Waals surface area contributed by atoms with Crippen LogP contribution in [0.1, 0.15) is 47.1 Å². The summed E-state index contributed by atoms with van der Waals surface area (Å²) in [6, 6.07) is 0.255. The average Bonchev–Trinajstić information content (AvgIpc) is 3.27. The molecule has 0 saturated carbocycles. The summed E-state index contributed by atoms with van der Waals surface area (Å²) in [5.74, 6) is 0.629. The van der Waals surface area contributed by atoms with Crippen molar-refractivity contribution in [2.75, 3.05) is 18.5 Å². The van der Waals surface area contributed by atoms with Gasteiger partial charge in [-0.2, -0.15) is 5.10 Å². The number of fused-ring (bicyclic) bond motifs is 1. The molecule has 0 bridgehead atoms. The summed E-state index contributed by atoms with van der Waals surface area (Å²) in [5, 5.41) is 11.1. The average molecular weight is 302 g/mol. The predicted octanol–water partition coefficient (Wildman–Crippen LogP) is 1.96. The minimum Gasteiger partial charge on any atom is -0.379 e. The molecule has 1 N–H and O–H groups in total. The Kier molecular flexibility index (Phi) is 3.42. The third-order valence-corrected chi connectivity index (χ3v) is 4.30. The first-order valence-electron chi connectivity index (χ1n) is 7.72. The molecule has 1 unspecified atom stereocenters. The minimum absolute atomic E-state index is 0.228. The number of hydrogen-bond acceptors (Lipinski definition) is 5. The van der Waals surface area contributed by atoms with Crippen LogP contribution in [-0.4, -0.2) is 34.1 Å². The van der Waals surface area contributed by atoms with Crippen LogP contribution in [-0.2, 0) is 17.6 Å². The largest absolute Gasteiger partial charge is 0.379 e. The summed E-state index contributed by atoms with van der Waals surface area (Å²) in [6.45, 7) is 1.43. The van der Waals surface area contributed by atoms with Crippen molar-refractivity contribution in [3.8, 4) is 0 Å². The molecule has 7 heteroatoms. The highest BCUT2D eigenvalue weighted by Gasteiger charge is 2.24. The van der Waals surface area contributed by atoms with Gasteiger partial charge in [-0.25, -0.2) is 0 Å². The summed E-state index contributed by atoms with van der Waals surface area (Å²) in [4.78, 5) is 12.4. The zero-order chi connectivity index (χ0) is 14.9. The second-order valence-electron chi connectivity index (χ2n) is 5.82. The summed E-state index contributed by atoms with van der Waals surface area (Å²) in [7, 11) is 0. The Morgan fingerprint density at radius 3 is 3.14 bits per heavy atom. The van der Waals surface area contributed by atoms with E-state index in [4.69, 9.17) is 9.26 Å². The molecule has 1 amide bonds. The molecule has 1 aliphatic carbocycles. The highest BCUT2D eigenvalue weighted by molar-refractivity contribution is 6.03. The van der Waals surface area contributed by atoms with Crippen LogP contribution in [0.25, 0.3) is 0 Å². The van der Waals surface area contributed by atoms with Gasteiger partial charge < -0.3 is 14.6 Å². The number of hydrogen-bond donors (Lipinski definition) is 1. The summed E-state index contributed by atoms with van der Waals surface area (Å²) in [6.07, 6.45) is 8.35. The second-order valence-corrected chi connectivity index (χ2v) is 5.82. The smallest absolute Gasteiger partial charge is 0.278 e. The van der Waals surface area contributed by atoms with Crippen molar-refractivity contribution in [1.82, 2.24) is 14.9 Å². The van der Waals surface area contributed by atoms with E-state index < -0.39 is 0 Å². The summed E-state index contributed by atoms with van der Waals surface area (Å²) in [5.41, 5.74) is 2.04. The second kappa shape index (κ2) is 5.57. The number of carbonyl (C=O) groups excluding carboxylic acids is 1. The Morgan fingerprint density at radius 1 is 1.36 bits per heavy atom. The van der Waals surface area contributed by atoms with E-state index in [0.717, 1.165) is 50.0 Å². The number of aryl methyl sites for hydroxylation is 1. The molecule has 1 atom stereocenters. The van der Waals surface area contributed by atoms with Gasteiger partial charge in [0.15, 0.2) is 5.69 Å². The fourth-order valence-corrected chi connectivity index (χ4v) is 3.09. The number of amides is 1. The van der Waals surface area contributed by atoms with E-state index in [9.17, 15) is 4.79 Å². The molecule has 2 aliphatic rings. The fourth-order valence-electron chi connectivity index (χ4n) is 3.09. The highest BCUT2D eigenvalue weighted by Crippen LogP contribution is 2.25. The standard InChI is InChI=1S/C15H18N4O3/c20-15(14-12-3-1-2-4-13(12)22-18-14)17-10-7-16-19(8-10)11-5-6-21-9-11/h7-8,11H,1-6,9H2,(H,17,20). The van der Waals surface area contributed by atoms with E-state index in [1.807, 2.05) is 10.9 Å². The molecule has 116 valence electrons. The topological polar surface area (TPSA) is 82.2 Å². The lowest BCUT2D eigenvalue weighted by Gasteiger charge is -2.09. The van der Waals surface area contributed by atoms with E-state index in [1.54, 1.807) is 6.20 Å². The van der Waals surface area contributed by atoms with Crippen molar-refractivity contribution in [3.05, 3.63) is 29.4 Å². The molecular weight excluding hydrogens is 284 g/mol. The first-order valence-corrected chi connectivity index (χ1v) is 7.72. The molecular formula is C15H18N4O3. The molecule has 22 heavy (non-hydrogen) atoms. The van der Waals surface area contributed by atoms with Gasteiger partial charge in [0.05, 0.1) is 24.5 Å². The molecule has 2 aromatic heterocycles. The number of nitrogens with one attached hydrogen (secondary N) is 1. The highest BCUT2D eigenvalue weighted by atomic mass is 16.5. The van der Waals surface area contributed by atoms with Gasteiger partial charge in [-0.05, 0) is 25.7 Å². The lowest BCUT2D eigenvalue weighted by molar-refractivity contribution is 0.101. The predicted molar refractivity (Wildman–Crippen MR) is 77.8 cm³/mol. The molecule has 4 rings (SSSR count). The van der Waals surface area contributed by atoms with Crippen LogP contribution in [0.4, 0.5) is 5.69 Å². The van der Waals surface area contributed by atoms with Crippen molar-refractivity contribution in [2.45, 2.75) is 38.1 Å². The third kappa shape index (κ3) is 2.41. The minimum atomic E-state index is -0.228. The number of aromatic nitrogens is 3. The molecule has 1 saturated heterocycles. The maximum absolute atomic E-state index is 12.4. The van der Waals surface area contributed by atoms with Gasteiger partial charge in [-0.15, -0.1) is 0 Å². The van der Waals surface area contributed by atoms with Crippen molar-refractivity contribution in [1.29, 1.82) is 0 Å². The Labute approximate surface area is 127 Å². The van der Waals surface area contributed by atoms with Gasteiger partial charge in [0.1, 0.15) is 5.76 Å². The Balaban J connectivity index is 1.49. The van der Waals surface area contributed by atoms with Crippen LogP contribution in [0.15, 0.2) is 16.9 Å². The molecule has 2 aromatic rings. The van der Waals surface area contributed by atoms with Crippen molar-refractivity contribution in [2.24, 2.45) is 0 Å². The number of anilines is 1. The molecule has 3 heterocycles. The van der Waals surface area contributed by atoms with E-state index >= 15 is 0 Å². The Bertz CT molecular complexity index is 685. The molecule has 0 aromatic carbocycles. The van der Waals surface area contributed by atoms with Crippen molar-refractivity contribution in [3.63, 3.8) is 0 Å². The molecule has 0 spiro atoms. The van der Waals surface area contributed by atoms with Crippen LogP contribution in [0, 0.1) is 0 Å². The SMILES string of the molecule is O=C(Nc1cnn(C2CCOC2)c1)c1noc2c1CCCC2. The van der Waals surface area contributed by atoms with E-state index in [-0.39, 0.29) is 11.9 Å². The summed E-state index contributed by atoms with van der Waals surface area (Å²) >= 11 is 0. The van der Waals surface area contributed by atoms with Gasteiger partial charge in [0.25, 0.3) is 5.91 Å². The van der Waals surface area contributed by atoms with E-state index in [2.05, 4.69) is 15.6 Å². The first-order chi connectivity index (χ1) is 10.8. The number of ether oxygens (including phenoxy) is 1. The van der Waals surface area contributed by atoms with Crippen LogP contribution < -0.4 is 5.32 Å². The van der Waals surface area contributed by atoms with Gasteiger partial charge in [-0.1, -0.05) is 5.16 Å². The zero-order valence-electron chi connectivity index (χ0n) is 12.2. The summed E-state index contributed by atoms with van der Waals surface area (Å²) < 4.78 is 12.5. The molecule has 1 fully saturated rings. The fraction of sp³-hybridized carbons (Fsp3) is 0.533. The van der Waals surface area contributed by atoms with E-state index in [0.29, 0.717) is 18.0 Å². The van der Waals surface area contributed by atoms with Crippen LogP contribution in [0.5, 0.6) is 0 Å². The maximum Gasteiger partial charge on any atom is 0.278 e. The van der Waals surface area contributed by atoms with Gasteiger partial charge in [-0.3, -0.25) is 9.48 Å². The third-order valence-electron chi connectivity index (χ3n) is 4.30. The maximum atomic E-state index is 12.4. The molecule has 0 radical (unpaired) electrons.